The molecule has 0 aliphatic heterocycles. The first-order valence-corrected chi connectivity index (χ1v) is 8.01. The molecule has 1 heterocycles. The molecule has 4 nitrogen and oxygen atoms in total. The highest BCUT2D eigenvalue weighted by atomic mass is 79.9. The van der Waals surface area contributed by atoms with Crippen molar-refractivity contribution in [3.8, 4) is 0 Å². The monoisotopic (exact) mass is 380 g/mol. The summed E-state index contributed by atoms with van der Waals surface area (Å²) in [7, 11) is -3.70. The van der Waals surface area contributed by atoms with Crippen molar-refractivity contribution >= 4 is 54.8 Å². The van der Waals surface area contributed by atoms with Gasteiger partial charge in [0.1, 0.15) is 10.0 Å². The molecule has 0 atom stereocenters. The number of halogens is 3. The van der Waals surface area contributed by atoms with Crippen molar-refractivity contribution in [3.05, 3.63) is 51.2 Å². The maximum Gasteiger partial charge on any atom is 0.263 e. The highest BCUT2D eigenvalue weighted by Gasteiger charge is 2.15. The first-order chi connectivity index (χ1) is 8.88. The third-order valence-electron chi connectivity index (χ3n) is 2.18. The minimum atomic E-state index is -3.70. The van der Waals surface area contributed by atoms with Crippen LogP contribution in [0.15, 0.2) is 45.9 Å². The van der Waals surface area contributed by atoms with Gasteiger partial charge in [0.05, 0.1) is 10.7 Å². The Morgan fingerprint density at radius 1 is 1.16 bits per heavy atom. The zero-order valence-corrected chi connectivity index (χ0v) is 13.2. The minimum absolute atomic E-state index is 0.0240. The van der Waals surface area contributed by atoms with Gasteiger partial charge in [0, 0.05) is 10.7 Å². The number of benzene rings is 1. The van der Waals surface area contributed by atoms with Crippen molar-refractivity contribution in [1.82, 2.24) is 4.98 Å². The van der Waals surface area contributed by atoms with Crippen LogP contribution in [0.25, 0.3) is 0 Å². The molecule has 0 aliphatic rings. The lowest BCUT2D eigenvalue weighted by atomic mass is 10.3. The summed E-state index contributed by atoms with van der Waals surface area (Å²) in [5.74, 6) is 0. The van der Waals surface area contributed by atoms with Crippen molar-refractivity contribution < 1.29 is 8.42 Å². The second-order valence-corrected chi connectivity index (χ2v) is 6.88. The summed E-state index contributed by atoms with van der Waals surface area (Å²) in [6.45, 7) is 0. The van der Waals surface area contributed by atoms with Crippen LogP contribution < -0.4 is 4.72 Å². The van der Waals surface area contributed by atoms with Gasteiger partial charge in [0.25, 0.3) is 10.0 Å². The van der Waals surface area contributed by atoms with E-state index in [1.807, 2.05) is 0 Å². The van der Waals surface area contributed by atoms with Crippen LogP contribution in [0, 0.1) is 0 Å². The number of hydrogen-bond donors (Lipinski definition) is 1. The summed E-state index contributed by atoms with van der Waals surface area (Å²) < 4.78 is 27.2. The summed E-state index contributed by atoms with van der Waals surface area (Å²) >= 11 is 14.7. The molecule has 8 heteroatoms. The average Bonchev–Trinajstić information content (AvgIpc) is 2.34. The Kier molecular flexibility index (Phi) is 4.35. The summed E-state index contributed by atoms with van der Waals surface area (Å²) in [5, 5.41) is 0.639. The second-order valence-electron chi connectivity index (χ2n) is 3.55. The fraction of sp³-hybridized carbons (Fsp3) is 0. The van der Waals surface area contributed by atoms with E-state index in [4.69, 9.17) is 23.2 Å². The van der Waals surface area contributed by atoms with Gasteiger partial charge in [-0.1, -0.05) is 23.2 Å². The third kappa shape index (κ3) is 3.60. The minimum Gasteiger partial charge on any atom is -0.280 e. The fourth-order valence-corrected chi connectivity index (χ4v) is 2.83. The molecule has 0 bridgehead atoms. The molecule has 0 unspecified atom stereocenters. The Morgan fingerprint density at radius 3 is 2.47 bits per heavy atom. The standard InChI is InChI=1S/C11H7BrCl2N2O2S/c12-9-3-1-7(5-10(9)13)16-19(17,18)8-2-4-11(14)15-6-8/h1-6,16H. The van der Waals surface area contributed by atoms with E-state index in [0.717, 1.165) is 0 Å². The molecule has 2 aromatic rings. The van der Waals surface area contributed by atoms with E-state index in [2.05, 4.69) is 25.6 Å². The van der Waals surface area contributed by atoms with Gasteiger partial charge < -0.3 is 0 Å². The van der Waals surface area contributed by atoms with Gasteiger partial charge in [-0.15, -0.1) is 0 Å². The number of pyridine rings is 1. The van der Waals surface area contributed by atoms with Crippen molar-refractivity contribution in [2.75, 3.05) is 4.72 Å². The number of sulfonamides is 1. The Morgan fingerprint density at radius 2 is 1.89 bits per heavy atom. The fourth-order valence-electron chi connectivity index (χ4n) is 1.29. The molecule has 0 amide bonds. The van der Waals surface area contributed by atoms with E-state index < -0.39 is 10.0 Å². The van der Waals surface area contributed by atoms with E-state index >= 15 is 0 Å². The first kappa shape index (κ1) is 14.6. The van der Waals surface area contributed by atoms with Crippen LogP contribution >= 0.6 is 39.1 Å². The molecule has 0 saturated heterocycles. The van der Waals surface area contributed by atoms with Gasteiger partial charge in [-0.3, -0.25) is 4.72 Å². The molecule has 0 radical (unpaired) electrons. The molecule has 0 saturated carbocycles. The Bertz CT molecular complexity index is 705. The molecule has 100 valence electrons. The Hall–Kier alpha value is -0.820. The maximum absolute atomic E-state index is 12.1. The zero-order valence-electron chi connectivity index (χ0n) is 9.27. The molecule has 0 fully saturated rings. The zero-order chi connectivity index (χ0) is 14.0. The summed E-state index contributed by atoms with van der Waals surface area (Å²) in [6.07, 6.45) is 1.19. The molecule has 0 aliphatic carbocycles. The van der Waals surface area contributed by atoms with Crippen LogP contribution in [0.1, 0.15) is 0 Å². The largest absolute Gasteiger partial charge is 0.280 e. The average molecular weight is 382 g/mol. The SMILES string of the molecule is O=S(=O)(Nc1ccc(Br)c(Cl)c1)c1ccc(Cl)nc1. The summed E-state index contributed by atoms with van der Waals surface area (Å²) in [6, 6.07) is 7.53. The Balaban J connectivity index is 2.30. The van der Waals surface area contributed by atoms with E-state index in [-0.39, 0.29) is 10.0 Å². The van der Waals surface area contributed by atoms with Crippen LogP contribution in [-0.4, -0.2) is 13.4 Å². The predicted octanol–water partition coefficient (Wildman–Crippen LogP) is 3.95. The number of nitrogens with one attached hydrogen (secondary N) is 1. The van der Waals surface area contributed by atoms with Crippen LogP contribution in [0.3, 0.4) is 0 Å². The van der Waals surface area contributed by atoms with Gasteiger partial charge in [-0.05, 0) is 46.3 Å². The van der Waals surface area contributed by atoms with E-state index in [0.29, 0.717) is 15.2 Å². The summed E-state index contributed by atoms with van der Waals surface area (Å²) in [5.41, 5.74) is 0.364. The normalized spacial score (nSPS) is 11.3. The first-order valence-electron chi connectivity index (χ1n) is 4.98. The molecular weight excluding hydrogens is 375 g/mol. The molecule has 2 rings (SSSR count). The molecular formula is C11H7BrCl2N2O2S. The summed E-state index contributed by atoms with van der Waals surface area (Å²) in [4.78, 5) is 3.76. The lowest BCUT2D eigenvalue weighted by molar-refractivity contribution is 0.601. The predicted molar refractivity (Wildman–Crippen MR) is 79.2 cm³/mol. The Labute approximate surface area is 128 Å². The topological polar surface area (TPSA) is 59.1 Å². The highest BCUT2D eigenvalue weighted by molar-refractivity contribution is 9.10. The number of nitrogens with zero attached hydrogens (tertiary/aromatic N) is 1. The van der Waals surface area contributed by atoms with E-state index in [9.17, 15) is 8.42 Å². The maximum atomic E-state index is 12.1. The lowest BCUT2D eigenvalue weighted by Crippen LogP contribution is -2.13. The van der Waals surface area contributed by atoms with Crippen molar-refractivity contribution in [3.63, 3.8) is 0 Å². The van der Waals surface area contributed by atoms with Crippen LogP contribution in [0.4, 0.5) is 5.69 Å². The smallest absolute Gasteiger partial charge is 0.263 e. The number of aromatic nitrogens is 1. The van der Waals surface area contributed by atoms with Gasteiger partial charge in [-0.2, -0.15) is 0 Å². The van der Waals surface area contributed by atoms with Crippen molar-refractivity contribution in [2.45, 2.75) is 4.90 Å². The lowest BCUT2D eigenvalue weighted by Gasteiger charge is -2.08. The highest BCUT2D eigenvalue weighted by Crippen LogP contribution is 2.26. The third-order valence-corrected chi connectivity index (χ3v) is 5.00. The number of rotatable bonds is 3. The van der Waals surface area contributed by atoms with E-state index in [1.54, 1.807) is 12.1 Å². The number of hydrogen-bond acceptors (Lipinski definition) is 3. The van der Waals surface area contributed by atoms with Crippen LogP contribution in [-0.2, 0) is 10.0 Å². The van der Waals surface area contributed by atoms with Crippen molar-refractivity contribution in [2.24, 2.45) is 0 Å². The van der Waals surface area contributed by atoms with E-state index in [1.165, 1.54) is 24.4 Å². The van der Waals surface area contributed by atoms with Crippen molar-refractivity contribution in [1.29, 1.82) is 0 Å². The number of anilines is 1. The second kappa shape index (κ2) is 5.66. The molecule has 1 aromatic carbocycles. The van der Waals surface area contributed by atoms with Crippen LogP contribution in [0.2, 0.25) is 10.2 Å². The quantitative estimate of drug-likeness (QED) is 0.818. The molecule has 1 aromatic heterocycles. The van der Waals surface area contributed by atoms with Gasteiger partial charge >= 0.3 is 0 Å². The molecule has 19 heavy (non-hydrogen) atoms. The molecule has 1 N–H and O–H groups in total. The molecule has 0 spiro atoms. The van der Waals surface area contributed by atoms with Crippen LogP contribution in [0.5, 0.6) is 0 Å². The van der Waals surface area contributed by atoms with Gasteiger partial charge in [-0.25, -0.2) is 13.4 Å². The van der Waals surface area contributed by atoms with Gasteiger partial charge in [0.15, 0.2) is 0 Å². The van der Waals surface area contributed by atoms with Gasteiger partial charge in [0.2, 0.25) is 0 Å².